The predicted molar refractivity (Wildman–Crippen MR) is 46.7 cm³/mol. The maximum Gasteiger partial charge on any atom is 1.00 e. The van der Waals surface area contributed by atoms with Gasteiger partial charge in [0.05, 0.1) is 4.90 Å². The van der Waals surface area contributed by atoms with E-state index < -0.39 is 11.1 Å². The molecule has 4 heteroatoms. The van der Waals surface area contributed by atoms with Gasteiger partial charge in [-0.25, -0.2) is 4.21 Å². The van der Waals surface area contributed by atoms with Crippen molar-refractivity contribution in [2.75, 3.05) is 0 Å². The molecular formula is C8H9KO2S. The molecule has 0 saturated heterocycles. The molecule has 0 bridgehead atoms. The van der Waals surface area contributed by atoms with Crippen molar-refractivity contribution in [2.24, 2.45) is 0 Å². The Morgan fingerprint density at radius 3 is 2.25 bits per heavy atom. The van der Waals surface area contributed by atoms with Crippen LogP contribution in [-0.4, -0.2) is 8.76 Å². The first kappa shape index (κ1) is 12.7. The summed E-state index contributed by atoms with van der Waals surface area (Å²) < 4.78 is 19.1. The zero-order valence-corrected chi connectivity index (χ0v) is 10.8. The fourth-order valence-corrected chi connectivity index (χ4v) is 1.09. The summed E-state index contributed by atoms with van der Waals surface area (Å²) in [6.07, 6.45) is 1.68. The molecule has 0 fully saturated rings. The van der Waals surface area contributed by atoms with Crippen LogP contribution in [-0.2, 0) is 11.1 Å². The Labute approximate surface area is 118 Å². The van der Waals surface area contributed by atoms with Crippen molar-refractivity contribution in [1.82, 2.24) is 0 Å². The third-order valence-electron chi connectivity index (χ3n) is 1.32. The van der Waals surface area contributed by atoms with E-state index in [0.29, 0.717) is 4.90 Å². The van der Waals surface area contributed by atoms with Gasteiger partial charge in [-0.3, -0.25) is 0 Å². The molecular weight excluding hydrogens is 199 g/mol. The van der Waals surface area contributed by atoms with Gasteiger partial charge in [0.1, 0.15) is 0 Å². The van der Waals surface area contributed by atoms with Crippen molar-refractivity contribution >= 4 is 17.2 Å². The number of hydrogen-bond donors (Lipinski definition) is 1. The van der Waals surface area contributed by atoms with Crippen LogP contribution >= 0.6 is 0 Å². The molecule has 0 amide bonds. The molecule has 0 aliphatic heterocycles. The number of hydrogen-bond acceptors (Lipinski definition) is 1. The number of rotatable bonds is 2. The van der Waals surface area contributed by atoms with Gasteiger partial charge in [0, 0.05) is 0 Å². The molecule has 0 aliphatic carbocycles. The monoisotopic (exact) mass is 208 g/mol. The minimum atomic E-state index is -1.87. The van der Waals surface area contributed by atoms with E-state index in [0.717, 1.165) is 5.56 Å². The number of benzene rings is 1. The Morgan fingerprint density at radius 1 is 1.42 bits per heavy atom. The van der Waals surface area contributed by atoms with Gasteiger partial charge in [0.2, 0.25) is 0 Å². The first-order valence-corrected chi connectivity index (χ1v) is 4.18. The second-order valence-corrected chi connectivity index (χ2v) is 2.99. The molecule has 0 radical (unpaired) electrons. The second kappa shape index (κ2) is 6.20. The molecule has 1 N–H and O–H groups in total. The van der Waals surface area contributed by atoms with E-state index >= 15 is 0 Å². The smallest absolute Gasteiger partial charge is 1.00 e. The predicted octanol–water partition coefficient (Wildman–Crippen LogP) is -0.973. The van der Waals surface area contributed by atoms with E-state index in [1.165, 1.54) is 0 Å². The summed E-state index contributed by atoms with van der Waals surface area (Å²) in [5.41, 5.74) is 0.944. The molecule has 0 aromatic heterocycles. The molecule has 0 saturated carbocycles. The molecule has 12 heavy (non-hydrogen) atoms. The van der Waals surface area contributed by atoms with E-state index in [4.69, 9.17) is 4.55 Å². The topological polar surface area (TPSA) is 37.3 Å². The summed E-state index contributed by atoms with van der Waals surface area (Å²) in [6.45, 7) is 3.57. The summed E-state index contributed by atoms with van der Waals surface area (Å²) >= 11 is -1.87. The third-order valence-corrected chi connectivity index (χ3v) is 1.99. The minimum absolute atomic E-state index is 0. The summed E-state index contributed by atoms with van der Waals surface area (Å²) in [7, 11) is 0. The molecule has 2 nitrogen and oxygen atoms in total. The maximum atomic E-state index is 10.5. The minimum Gasteiger partial charge on any atom is -1.00 e. The maximum absolute atomic E-state index is 10.5. The summed E-state index contributed by atoms with van der Waals surface area (Å²) in [5, 5.41) is 0. The van der Waals surface area contributed by atoms with Gasteiger partial charge in [0.15, 0.2) is 11.1 Å². The van der Waals surface area contributed by atoms with Crippen LogP contribution in [0.1, 0.15) is 6.99 Å². The molecule has 1 aromatic rings. The Hall–Kier alpha value is 0.706. The van der Waals surface area contributed by atoms with E-state index in [9.17, 15) is 4.21 Å². The zero-order chi connectivity index (χ0) is 8.27. The fraction of sp³-hybridized carbons (Fsp3) is 0. The molecule has 0 spiro atoms. The van der Waals surface area contributed by atoms with Crippen LogP contribution in [0.25, 0.3) is 6.08 Å². The largest absolute Gasteiger partial charge is 1.00 e. The molecule has 1 unspecified atom stereocenters. The molecule has 0 heterocycles. The standard InChI is InChI=1S/C8H8O2S.K.H/c1-2-7-3-5-8(6-4-7)11(9)10;;/h2-6H,1H2,(H,9,10);;/q;+1;-1. The molecule has 60 valence electrons. The fourth-order valence-electron chi connectivity index (χ4n) is 0.720. The van der Waals surface area contributed by atoms with E-state index in [1.807, 2.05) is 0 Å². The molecule has 1 aromatic carbocycles. The normalized spacial score (nSPS) is 11.4. The van der Waals surface area contributed by atoms with Crippen LogP contribution in [0.4, 0.5) is 0 Å². The van der Waals surface area contributed by atoms with Gasteiger partial charge in [-0.05, 0) is 17.7 Å². The van der Waals surface area contributed by atoms with Crippen LogP contribution < -0.4 is 51.4 Å². The van der Waals surface area contributed by atoms with Gasteiger partial charge in [0.25, 0.3) is 0 Å². The zero-order valence-electron chi connectivity index (χ0n) is 7.86. The van der Waals surface area contributed by atoms with Gasteiger partial charge >= 0.3 is 51.4 Å². The third kappa shape index (κ3) is 3.61. The van der Waals surface area contributed by atoms with Crippen molar-refractivity contribution in [1.29, 1.82) is 0 Å². The van der Waals surface area contributed by atoms with Crippen LogP contribution in [0.15, 0.2) is 35.7 Å². The molecule has 1 rings (SSSR count). The Bertz CT molecular complexity index is 287. The van der Waals surface area contributed by atoms with Crippen molar-refractivity contribution in [3.05, 3.63) is 36.4 Å². The summed E-state index contributed by atoms with van der Waals surface area (Å²) in [4.78, 5) is 0.413. The Morgan fingerprint density at radius 2 is 1.92 bits per heavy atom. The van der Waals surface area contributed by atoms with Gasteiger partial charge < -0.3 is 5.98 Å². The molecule has 1 atom stereocenters. The van der Waals surface area contributed by atoms with E-state index in [1.54, 1.807) is 30.3 Å². The quantitative estimate of drug-likeness (QED) is 0.501. The SMILES string of the molecule is C=Cc1ccc(S(=O)O)cc1.[H-].[K+]. The summed E-state index contributed by atoms with van der Waals surface area (Å²) in [5.74, 6) is 0. The Kier molecular flexibility index (Phi) is 6.57. The average Bonchev–Trinajstić information content (AvgIpc) is 2.05. The van der Waals surface area contributed by atoms with E-state index in [-0.39, 0.29) is 52.8 Å². The van der Waals surface area contributed by atoms with Gasteiger partial charge in [-0.2, -0.15) is 0 Å². The average molecular weight is 208 g/mol. The van der Waals surface area contributed by atoms with Crippen molar-refractivity contribution in [3.8, 4) is 0 Å². The van der Waals surface area contributed by atoms with Crippen LogP contribution in [0, 0.1) is 0 Å². The molecule has 0 aliphatic rings. The van der Waals surface area contributed by atoms with Crippen LogP contribution in [0.5, 0.6) is 0 Å². The second-order valence-electron chi connectivity index (χ2n) is 2.02. The summed E-state index contributed by atoms with van der Waals surface area (Å²) in [6, 6.07) is 6.70. The Balaban J connectivity index is 0. The van der Waals surface area contributed by atoms with E-state index in [2.05, 4.69) is 6.58 Å². The van der Waals surface area contributed by atoms with Gasteiger partial charge in [-0.15, -0.1) is 0 Å². The van der Waals surface area contributed by atoms with Crippen LogP contribution in [0.2, 0.25) is 0 Å². The van der Waals surface area contributed by atoms with Gasteiger partial charge in [-0.1, -0.05) is 24.8 Å². The van der Waals surface area contributed by atoms with Crippen LogP contribution in [0.3, 0.4) is 0 Å². The van der Waals surface area contributed by atoms with Crippen molar-refractivity contribution < 1.29 is 61.6 Å². The first-order chi connectivity index (χ1) is 5.24. The van der Waals surface area contributed by atoms with Crippen molar-refractivity contribution in [3.63, 3.8) is 0 Å². The first-order valence-electron chi connectivity index (χ1n) is 3.07. The van der Waals surface area contributed by atoms with Crippen molar-refractivity contribution in [2.45, 2.75) is 4.90 Å².